The molecule has 6 heteroatoms. The summed E-state index contributed by atoms with van der Waals surface area (Å²) >= 11 is 1.43. The van der Waals surface area contributed by atoms with Crippen molar-refractivity contribution in [2.45, 2.75) is 49.2 Å². The Morgan fingerprint density at radius 3 is 2.14 bits per heavy atom. The highest BCUT2D eigenvalue weighted by atomic mass is 32.2. The first-order valence-electron chi connectivity index (χ1n) is 9.65. The van der Waals surface area contributed by atoms with E-state index < -0.39 is 0 Å². The zero-order chi connectivity index (χ0) is 19.9. The van der Waals surface area contributed by atoms with Gasteiger partial charge in [0.05, 0.1) is 5.25 Å². The van der Waals surface area contributed by atoms with Crippen LogP contribution in [0.1, 0.15) is 39.0 Å². The maximum Gasteiger partial charge on any atom is 0.237 e. The lowest BCUT2D eigenvalue weighted by atomic mass is 9.88. The number of carbonyl (C=O) groups is 2. The first kappa shape index (κ1) is 20.4. The van der Waals surface area contributed by atoms with E-state index in [1.165, 1.54) is 42.4 Å². The summed E-state index contributed by atoms with van der Waals surface area (Å²) in [4.78, 5) is 25.6. The fourth-order valence-corrected chi connectivity index (χ4v) is 4.13. The number of amides is 2. The average Bonchev–Trinajstić information content (AvgIpc) is 2.71. The summed E-state index contributed by atoms with van der Waals surface area (Å²) in [6.45, 7) is 1.82. The number of carbonyl (C=O) groups excluding carboxylic acids is 2. The molecule has 0 saturated heterocycles. The standard InChI is InChI=1S/C22H25FN2O2S/c1-15(21(26)24-18-9-7-17(23)8-10-18)28-20-13-11-19(12-14-20)25-22(27)16-5-3-2-4-6-16/h7-16H,2-6H2,1H3,(H,24,26)(H,25,27). The molecule has 0 radical (unpaired) electrons. The summed E-state index contributed by atoms with van der Waals surface area (Å²) in [5.74, 6) is -0.257. The molecule has 1 aliphatic carbocycles. The van der Waals surface area contributed by atoms with Crippen LogP contribution in [0.25, 0.3) is 0 Å². The van der Waals surface area contributed by atoms with Gasteiger partial charge >= 0.3 is 0 Å². The number of hydrogen-bond donors (Lipinski definition) is 2. The number of thioether (sulfide) groups is 1. The van der Waals surface area contributed by atoms with Gasteiger partial charge in [-0.05, 0) is 68.3 Å². The van der Waals surface area contributed by atoms with Crippen LogP contribution in [0, 0.1) is 11.7 Å². The molecule has 3 rings (SSSR count). The van der Waals surface area contributed by atoms with Gasteiger partial charge in [-0.15, -0.1) is 11.8 Å². The predicted octanol–water partition coefficient (Wildman–Crippen LogP) is 5.46. The first-order chi connectivity index (χ1) is 13.5. The lowest BCUT2D eigenvalue weighted by Crippen LogP contribution is -2.24. The zero-order valence-corrected chi connectivity index (χ0v) is 16.7. The van der Waals surface area contributed by atoms with Gasteiger partial charge in [0.15, 0.2) is 0 Å². The molecular formula is C22H25FN2O2S. The van der Waals surface area contributed by atoms with E-state index in [1.807, 2.05) is 31.2 Å². The van der Waals surface area contributed by atoms with E-state index in [4.69, 9.17) is 0 Å². The van der Waals surface area contributed by atoms with E-state index in [-0.39, 0.29) is 28.8 Å². The second-order valence-electron chi connectivity index (χ2n) is 7.10. The van der Waals surface area contributed by atoms with Crippen LogP contribution in [0.15, 0.2) is 53.4 Å². The maximum absolute atomic E-state index is 12.9. The molecule has 2 N–H and O–H groups in total. The highest BCUT2D eigenvalue weighted by Crippen LogP contribution is 2.27. The highest BCUT2D eigenvalue weighted by molar-refractivity contribution is 8.00. The molecule has 1 saturated carbocycles. The minimum absolute atomic E-state index is 0.104. The maximum atomic E-state index is 12.9. The molecule has 2 aromatic rings. The van der Waals surface area contributed by atoms with Crippen LogP contribution in [-0.4, -0.2) is 17.1 Å². The molecule has 0 aliphatic heterocycles. The third kappa shape index (κ3) is 5.83. The van der Waals surface area contributed by atoms with Gasteiger partial charge in [-0.1, -0.05) is 19.3 Å². The van der Waals surface area contributed by atoms with Crippen molar-refractivity contribution < 1.29 is 14.0 Å². The quantitative estimate of drug-likeness (QED) is 0.633. The first-order valence-corrected chi connectivity index (χ1v) is 10.5. The van der Waals surface area contributed by atoms with Crippen molar-refractivity contribution in [3.8, 4) is 0 Å². The molecule has 1 aliphatic rings. The van der Waals surface area contributed by atoms with Crippen molar-refractivity contribution in [2.24, 2.45) is 5.92 Å². The summed E-state index contributed by atoms with van der Waals surface area (Å²) < 4.78 is 12.9. The molecule has 28 heavy (non-hydrogen) atoms. The summed E-state index contributed by atoms with van der Waals surface area (Å²) in [5.41, 5.74) is 1.35. The van der Waals surface area contributed by atoms with Gasteiger partial charge in [-0.25, -0.2) is 4.39 Å². The van der Waals surface area contributed by atoms with E-state index in [9.17, 15) is 14.0 Å². The average molecular weight is 401 g/mol. The van der Waals surface area contributed by atoms with E-state index >= 15 is 0 Å². The van der Waals surface area contributed by atoms with Gasteiger partial charge in [0.1, 0.15) is 5.82 Å². The fraction of sp³-hybridized carbons (Fsp3) is 0.364. The van der Waals surface area contributed by atoms with Gasteiger partial charge in [0.2, 0.25) is 11.8 Å². The smallest absolute Gasteiger partial charge is 0.237 e. The molecule has 2 amide bonds. The number of halogens is 1. The third-order valence-corrected chi connectivity index (χ3v) is 6.00. The van der Waals surface area contributed by atoms with Crippen LogP contribution in [-0.2, 0) is 9.59 Å². The molecule has 148 valence electrons. The van der Waals surface area contributed by atoms with E-state index in [2.05, 4.69) is 10.6 Å². The lowest BCUT2D eigenvalue weighted by molar-refractivity contribution is -0.120. The molecule has 0 heterocycles. The summed E-state index contributed by atoms with van der Waals surface area (Å²) in [6.07, 6.45) is 5.43. The fourth-order valence-electron chi connectivity index (χ4n) is 3.26. The second-order valence-corrected chi connectivity index (χ2v) is 8.52. The molecule has 0 spiro atoms. The topological polar surface area (TPSA) is 58.2 Å². The minimum Gasteiger partial charge on any atom is -0.326 e. The molecule has 0 bridgehead atoms. The van der Waals surface area contributed by atoms with Gasteiger partial charge in [-0.3, -0.25) is 9.59 Å². The van der Waals surface area contributed by atoms with Crippen molar-refractivity contribution in [1.29, 1.82) is 0 Å². The van der Waals surface area contributed by atoms with Crippen LogP contribution in [0.5, 0.6) is 0 Å². The van der Waals surface area contributed by atoms with Crippen LogP contribution in [0.2, 0.25) is 0 Å². The summed E-state index contributed by atoms with van der Waals surface area (Å²) in [6, 6.07) is 13.2. The normalized spacial score (nSPS) is 15.6. The van der Waals surface area contributed by atoms with Gasteiger partial charge in [0, 0.05) is 22.2 Å². The van der Waals surface area contributed by atoms with Crippen molar-refractivity contribution in [3.05, 3.63) is 54.3 Å². The Labute approximate surface area is 169 Å². The Bertz CT molecular complexity index is 802. The van der Waals surface area contributed by atoms with Crippen LogP contribution < -0.4 is 10.6 Å². The number of nitrogens with one attached hydrogen (secondary N) is 2. The number of anilines is 2. The minimum atomic E-state index is -0.337. The molecule has 1 fully saturated rings. The Kier molecular flexibility index (Phi) is 7.09. The van der Waals surface area contributed by atoms with Gasteiger partial charge < -0.3 is 10.6 Å². The second kappa shape index (κ2) is 9.73. The van der Waals surface area contributed by atoms with Crippen molar-refractivity contribution in [2.75, 3.05) is 10.6 Å². The number of rotatable bonds is 6. The van der Waals surface area contributed by atoms with Crippen LogP contribution >= 0.6 is 11.8 Å². The van der Waals surface area contributed by atoms with Crippen molar-refractivity contribution >= 4 is 35.0 Å². The van der Waals surface area contributed by atoms with E-state index in [1.54, 1.807) is 0 Å². The lowest BCUT2D eigenvalue weighted by Gasteiger charge is -2.20. The molecule has 4 nitrogen and oxygen atoms in total. The Balaban J connectivity index is 1.50. The predicted molar refractivity (Wildman–Crippen MR) is 112 cm³/mol. The SMILES string of the molecule is CC(Sc1ccc(NC(=O)C2CCCCC2)cc1)C(=O)Nc1ccc(F)cc1. The van der Waals surface area contributed by atoms with Crippen molar-refractivity contribution in [3.63, 3.8) is 0 Å². The van der Waals surface area contributed by atoms with Crippen molar-refractivity contribution in [1.82, 2.24) is 0 Å². The summed E-state index contributed by atoms with van der Waals surface area (Å²) in [5, 5.41) is 5.46. The number of benzene rings is 2. The largest absolute Gasteiger partial charge is 0.326 e. The summed E-state index contributed by atoms with van der Waals surface area (Å²) in [7, 11) is 0. The molecule has 0 aromatic heterocycles. The molecule has 1 atom stereocenters. The zero-order valence-electron chi connectivity index (χ0n) is 15.9. The monoisotopic (exact) mass is 400 g/mol. The molecule has 2 aromatic carbocycles. The van der Waals surface area contributed by atoms with E-state index in [0.717, 1.165) is 36.3 Å². The number of hydrogen-bond acceptors (Lipinski definition) is 3. The Hall–Kier alpha value is -2.34. The van der Waals surface area contributed by atoms with Crippen LogP contribution in [0.3, 0.4) is 0 Å². The van der Waals surface area contributed by atoms with E-state index in [0.29, 0.717) is 5.69 Å². The Morgan fingerprint density at radius 1 is 0.929 bits per heavy atom. The van der Waals surface area contributed by atoms with Crippen LogP contribution in [0.4, 0.5) is 15.8 Å². The van der Waals surface area contributed by atoms with Gasteiger partial charge in [0.25, 0.3) is 0 Å². The highest BCUT2D eigenvalue weighted by Gasteiger charge is 2.21. The Morgan fingerprint density at radius 2 is 1.50 bits per heavy atom. The molecular weight excluding hydrogens is 375 g/mol. The third-order valence-electron chi connectivity index (χ3n) is 4.89. The molecule has 1 unspecified atom stereocenters. The van der Waals surface area contributed by atoms with Gasteiger partial charge in [-0.2, -0.15) is 0 Å².